The SMILES string of the molecule is CC.CC.Cc1cc(N)cc(O)c1. The summed E-state index contributed by atoms with van der Waals surface area (Å²) < 4.78 is 0. The predicted octanol–water partition coefficient (Wildman–Crippen LogP) is 3.34. The lowest BCUT2D eigenvalue weighted by molar-refractivity contribution is 0.475. The molecular formula is C11H21NO. The number of aromatic hydroxyl groups is 1. The highest BCUT2D eigenvalue weighted by Gasteiger charge is 1.90. The summed E-state index contributed by atoms with van der Waals surface area (Å²) in [6.07, 6.45) is 0. The van der Waals surface area contributed by atoms with Crippen LogP contribution in [0.4, 0.5) is 5.69 Å². The van der Waals surface area contributed by atoms with Crippen molar-refractivity contribution in [3.63, 3.8) is 0 Å². The number of aryl methyl sites for hydroxylation is 1. The average Bonchev–Trinajstić information content (AvgIpc) is 2.09. The second-order valence-corrected chi connectivity index (χ2v) is 2.10. The van der Waals surface area contributed by atoms with Crippen molar-refractivity contribution in [2.45, 2.75) is 34.6 Å². The van der Waals surface area contributed by atoms with Crippen LogP contribution in [0.3, 0.4) is 0 Å². The van der Waals surface area contributed by atoms with Gasteiger partial charge >= 0.3 is 0 Å². The summed E-state index contributed by atoms with van der Waals surface area (Å²) in [6, 6.07) is 4.99. The van der Waals surface area contributed by atoms with Crippen molar-refractivity contribution >= 4 is 5.69 Å². The number of anilines is 1. The van der Waals surface area contributed by atoms with E-state index in [2.05, 4.69) is 0 Å². The number of phenolic OH excluding ortho intramolecular Hbond substituents is 1. The van der Waals surface area contributed by atoms with Gasteiger partial charge in [0.2, 0.25) is 0 Å². The number of phenols is 1. The summed E-state index contributed by atoms with van der Waals surface area (Å²) in [5, 5.41) is 8.91. The highest BCUT2D eigenvalue weighted by Crippen LogP contribution is 2.15. The fourth-order valence-electron chi connectivity index (χ4n) is 0.792. The lowest BCUT2D eigenvalue weighted by Crippen LogP contribution is -1.83. The third-order valence-corrected chi connectivity index (χ3v) is 1.08. The normalized spacial score (nSPS) is 7.46. The van der Waals surface area contributed by atoms with E-state index < -0.39 is 0 Å². The largest absolute Gasteiger partial charge is 0.508 e. The average molecular weight is 183 g/mol. The quantitative estimate of drug-likeness (QED) is 0.606. The molecule has 0 spiro atoms. The van der Waals surface area contributed by atoms with Crippen molar-refractivity contribution in [1.29, 1.82) is 0 Å². The minimum atomic E-state index is 0.229. The first kappa shape index (κ1) is 14.3. The van der Waals surface area contributed by atoms with Crippen molar-refractivity contribution in [3.8, 4) is 5.75 Å². The Bertz CT molecular complexity index is 171. The Morgan fingerprint density at radius 1 is 1.00 bits per heavy atom. The molecule has 0 radical (unpaired) electrons. The highest BCUT2D eigenvalue weighted by molar-refractivity contribution is 5.46. The van der Waals surface area contributed by atoms with Gasteiger partial charge in [0.05, 0.1) is 0 Å². The first-order chi connectivity index (χ1) is 6.18. The molecule has 0 amide bonds. The van der Waals surface area contributed by atoms with E-state index in [0.717, 1.165) is 5.56 Å². The molecule has 3 N–H and O–H groups in total. The maximum Gasteiger partial charge on any atom is 0.117 e. The van der Waals surface area contributed by atoms with Crippen molar-refractivity contribution in [2.75, 3.05) is 5.73 Å². The van der Waals surface area contributed by atoms with Gasteiger partial charge in [0.1, 0.15) is 5.75 Å². The van der Waals surface area contributed by atoms with E-state index in [1.807, 2.05) is 34.6 Å². The summed E-state index contributed by atoms with van der Waals surface area (Å²) in [5.74, 6) is 0.229. The molecule has 0 aliphatic heterocycles. The molecule has 0 saturated carbocycles. The summed E-state index contributed by atoms with van der Waals surface area (Å²) in [4.78, 5) is 0. The molecule has 2 nitrogen and oxygen atoms in total. The number of nitrogen functional groups attached to an aromatic ring is 1. The van der Waals surface area contributed by atoms with Gasteiger partial charge in [0, 0.05) is 11.8 Å². The summed E-state index contributed by atoms with van der Waals surface area (Å²) in [5.41, 5.74) is 6.98. The fraction of sp³-hybridized carbons (Fsp3) is 0.455. The number of rotatable bonds is 0. The van der Waals surface area contributed by atoms with Gasteiger partial charge in [0.25, 0.3) is 0 Å². The number of nitrogens with two attached hydrogens (primary N) is 1. The topological polar surface area (TPSA) is 46.2 Å². The smallest absolute Gasteiger partial charge is 0.117 e. The molecule has 1 aromatic rings. The van der Waals surface area contributed by atoms with Gasteiger partial charge in [-0.2, -0.15) is 0 Å². The second kappa shape index (κ2) is 8.91. The van der Waals surface area contributed by atoms with Gasteiger partial charge in [0.15, 0.2) is 0 Å². The molecule has 0 atom stereocenters. The van der Waals surface area contributed by atoms with E-state index in [0.29, 0.717) is 5.69 Å². The maximum absolute atomic E-state index is 8.91. The van der Waals surface area contributed by atoms with Crippen LogP contribution in [0, 0.1) is 6.92 Å². The lowest BCUT2D eigenvalue weighted by atomic mass is 10.2. The monoisotopic (exact) mass is 183 g/mol. The van der Waals surface area contributed by atoms with Crippen molar-refractivity contribution < 1.29 is 5.11 Å². The van der Waals surface area contributed by atoms with Crippen LogP contribution >= 0.6 is 0 Å². The van der Waals surface area contributed by atoms with Crippen LogP contribution in [0.1, 0.15) is 33.3 Å². The van der Waals surface area contributed by atoms with Crippen LogP contribution in [0.15, 0.2) is 18.2 Å². The van der Waals surface area contributed by atoms with Crippen LogP contribution in [0.5, 0.6) is 5.75 Å². The molecular weight excluding hydrogens is 162 g/mol. The molecule has 76 valence electrons. The summed E-state index contributed by atoms with van der Waals surface area (Å²) in [6.45, 7) is 9.88. The Balaban J connectivity index is 0. The summed E-state index contributed by atoms with van der Waals surface area (Å²) in [7, 11) is 0. The Hall–Kier alpha value is -1.18. The molecule has 0 saturated heterocycles. The Labute approximate surface area is 81.4 Å². The highest BCUT2D eigenvalue weighted by atomic mass is 16.3. The molecule has 1 aromatic carbocycles. The van der Waals surface area contributed by atoms with Gasteiger partial charge in [-0.05, 0) is 24.6 Å². The Morgan fingerprint density at radius 3 is 1.77 bits per heavy atom. The number of benzene rings is 1. The zero-order valence-corrected chi connectivity index (χ0v) is 9.26. The minimum absolute atomic E-state index is 0.229. The standard InChI is InChI=1S/C7H9NO.2C2H6/c1-5-2-6(8)4-7(9)3-5;2*1-2/h2-4,9H,8H2,1H3;2*1-2H3. The Morgan fingerprint density at radius 2 is 1.46 bits per heavy atom. The maximum atomic E-state index is 8.91. The van der Waals surface area contributed by atoms with E-state index in [9.17, 15) is 0 Å². The van der Waals surface area contributed by atoms with Gasteiger partial charge in [-0.25, -0.2) is 0 Å². The van der Waals surface area contributed by atoms with Crippen molar-refractivity contribution in [2.24, 2.45) is 0 Å². The number of hydrogen-bond acceptors (Lipinski definition) is 2. The molecule has 0 bridgehead atoms. The van der Waals surface area contributed by atoms with Gasteiger partial charge in [-0.3, -0.25) is 0 Å². The van der Waals surface area contributed by atoms with Crippen LogP contribution in [0.25, 0.3) is 0 Å². The van der Waals surface area contributed by atoms with Crippen molar-refractivity contribution in [3.05, 3.63) is 23.8 Å². The molecule has 0 aliphatic carbocycles. The fourth-order valence-corrected chi connectivity index (χ4v) is 0.792. The molecule has 0 heterocycles. The third-order valence-electron chi connectivity index (χ3n) is 1.08. The van der Waals surface area contributed by atoms with Crippen molar-refractivity contribution in [1.82, 2.24) is 0 Å². The molecule has 1 rings (SSSR count). The van der Waals surface area contributed by atoms with Crippen LogP contribution in [-0.2, 0) is 0 Å². The zero-order chi connectivity index (χ0) is 10.9. The van der Waals surface area contributed by atoms with Gasteiger partial charge in [-0.15, -0.1) is 0 Å². The molecule has 13 heavy (non-hydrogen) atoms. The second-order valence-electron chi connectivity index (χ2n) is 2.10. The van der Waals surface area contributed by atoms with E-state index in [1.54, 1.807) is 12.1 Å². The molecule has 2 heteroatoms. The summed E-state index contributed by atoms with van der Waals surface area (Å²) >= 11 is 0. The minimum Gasteiger partial charge on any atom is -0.508 e. The number of hydrogen-bond donors (Lipinski definition) is 2. The van der Waals surface area contributed by atoms with E-state index in [1.165, 1.54) is 6.07 Å². The van der Waals surface area contributed by atoms with Gasteiger partial charge in [-0.1, -0.05) is 27.7 Å². The molecule has 0 unspecified atom stereocenters. The van der Waals surface area contributed by atoms with Gasteiger partial charge < -0.3 is 10.8 Å². The third kappa shape index (κ3) is 7.19. The lowest BCUT2D eigenvalue weighted by Gasteiger charge is -1.96. The van der Waals surface area contributed by atoms with Crippen LogP contribution in [0.2, 0.25) is 0 Å². The van der Waals surface area contributed by atoms with E-state index in [4.69, 9.17) is 10.8 Å². The van der Waals surface area contributed by atoms with E-state index in [-0.39, 0.29) is 5.75 Å². The van der Waals surface area contributed by atoms with Crippen LogP contribution < -0.4 is 5.73 Å². The first-order valence-corrected chi connectivity index (χ1v) is 4.74. The predicted molar refractivity (Wildman–Crippen MR) is 60.0 cm³/mol. The first-order valence-electron chi connectivity index (χ1n) is 4.74. The molecule has 0 aliphatic rings. The van der Waals surface area contributed by atoms with E-state index >= 15 is 0 Å². The van der Waals surface area contributed by atoms with Crippen LogP contribution in [-0.4, -0.2) is 5.11 Å². The Kier molecular flexibility index (Phi) is 9.84. The molecule has 0 aromatic heterocycles. The molecule has 0 fully saturated rings. The zero-order valence-electron chi connectivity index (χ0n) is 9.26.